The van der Waals surface area contributed by atoms with Crippen LogP contribution in [0.3, 0.4) is 0 Å². The molecule has 3 aromatic rings. The van der Waals surface area contributed by atoms with Crippen LogP contribution in [0.1, 0.15) is 29.5 Å². The van der Waals surface area contributed by atoms with Crippen molar-refractivity contribution in [3.8, 4) is 0 Å². The fraction of sp³-hybridized carbons (Fsp3) is 0.280. The van der Waals surface area contributed by atoms with Crippen molar-refractivity contribution in [2.45, 2.75) is 30.7 Å². The van der Waals surface area contributed by atoms with Gasteiger partial charge < -0.3 is 14.6 Å². The van der Waals surface area contributed by atoms with Crippen molar-refractivity contribution in [3.05, 3.63) is 108 Å². The molecule has 3 nitrogen and oxygen atoms in total. The van der Waals surface area contributed by atoms with Gasteiger partial charge in [-0.2, -0.15) is 0 Å². The van der Waals surface area contributed by atoms with Crippen LogP contribution >= 0.6 is 0 Å². The second-order valence-electron chi connectivity index (χ2n) is 7.21. The van der Waals surface area contributed by atoms with E-state index < -0.39 is 11.7 Å². The van der Waals surface area contributed by atoms with Gasteiger partial charge in [0.2, 0.25) is 0 Å². The van der Waals surface area contributed by atoms with Crippen LogP contribution in [0.25, 0.3) is 0 Å². The first-order valence-electron chi connectivity index (χ1n) is 9.91. The summed E-state index contributed by atoms with van der Waals surface area (Å²) in [6.07, 6.45) is 0.833. The van der Waals surface area contributed by atoms with Crippen LogP contribution in [0.15, 0.2) is 91.0 Å². The zero-order valence-corrected chi connectivity index (χ0v) is 15.9. The van der Waals surface area contributed by atoms with Gasteiger partial charge in [-0.25, -0.2) is 0 Å². The summed E-state index contributed by atoms with van der Waals surface area (Å²) in [4.78, 5) is 0. The molecule has 28 heavy (non-hydrogen) atoms. The number of rotatable bonds is 6. The summed E-state index contributed by atoms with van der Waals surface area (Å²) in [7, 11) is 0. The van der Waals surface area contributed by atoms with Gasteiger partial charge in [0.25, 0.3) is 0 Å². The topological polar surface area (TPSA) is 38.7 Å². The highest BCUT2D eigenvalue weighted by Gasteiger charge is 2.39. The van der Waals surface area contributed by atoms with Crippen LogP contribution < -0.4 is 0 Å². The van der Waals surface area contributed by atoms with E-state index in [4.69, 9.17) is 9.47 Å². The Bertz CT molecular complexity index is 752. The largest absolute Gasteiger partial charge is 0.390 e. The first-order chi connectivity index (χ1) is 13.8. The Balaban J connectivity index is 1.81. The van der Waals surface area contributed by atoms with Gasteiger partial charge >= 0.3 is 0 Å². The maximum Gasteiger partial charge on any atom is 0.143 e. The molecule has 144 valence electrons. The summed E-state index contributed by atoms with van der Waals surface area (Å²) in [5.74, 6) is 0. The quantitative estimate of drug-likeness (QED) is 0.644. The number of aliphatic hydroxyl groups is 1. The molecule has 1 saturated heterocycles. The second-order valence-corrected chi connectivity index (χ2v) is 7.21. The molecule has 0 aromatic heterocycles. The molecular formula is C25H26O3. The molecule has 0 radical (unpaired) electrons. The van der Waals surface area contributed by atoms with E-state index >= 15 is 0 Å². The number of benzene rings is 3. The number of hydrogen-bond donors (Lipinski definition) is 1. The van der Waals surface area contributed by atoms with Gasteiger partial charge in [0.15, 0.2) is 0 Å². The highest BCUT2D eigenvalue weighted by molar-refractivity contribution is 5.47. The third-order valence-corrected chi connectivity index (χ3v) is 5.41. The Morgan fingerprint density at radius 1 is 0.786 bits per heavy atom. The molecule has 0 saturated carbocycles. The first kappa shape index (κ1) is 18.9. The van der Waals surface area contributed by atoms with Gasteiger partial charge in [-0.3, -0.25) is 0 Å². The van der Waals surface area contributed by atoms with E-state index in [0.717, 1.165) is 29.5 Å². The lowest BCUT2D eigenvalue weighted by atomic mass is 9.80. The summed E-state index contributed by atoms with van der Waals surface area (Å²) in [5, 5.41) is 10.4. The monoisotopic (exact) mass is 374 g/mol. The Morgan fingerprint density at radius 3 is 1.68 bits per heavy atom. The molecule has 1 N–H and O–H groups in total. The average molecular weight is 374 g/mol. The van der Waals surface area contributed by atoms with Crippen LogP contribution in [-0.4, -0.2) is 30.5 Å². The smallest absolute Gasteiger partial charge is 0.143 e. The minimum Gasteiger partial charge on any atom is -0.390 e. The van der Waals surface area contributed by atoms with E-state index in [1.807, 2.05) is 54.6 Å². The van der Waals surface area contributed by atoms with Crippen LogP contribution in [0, 0.1) is 0 Å². The van der Waals surface area contributed by atoms with Crippen LogP contribution in [0.5, 0.6) is 0 Å². The van der Waals surface area contributed by atoms with E-state index in [0.29, 0.717) is 13.2 Å². The van der Waals surface area contributed by atoms with Gasteiger partial charge in [0.05, 0.1) is 12.7 Å². The highest BCUT2D eigenvalue weighted by atomic mass is 16.6. The number of aliphatic hydroxyl groups excluding tert-OH is 1. The standard InChI is InChI=1S/C25H26O3/c26-23-17-10-18-27-24(23)19-28-25(20-11-4-1-5-12-20,21-13-6-2-7-14-21)22-15-8-3-9-16-22/h1-9,11-16,23-24,26H,10,17-19H2. The van der Waals surface area contributed by atoms with Crippen molar-refractivity contribution < 1.29 is 14.6 Å². The summed E-state index contributed by atoms with van der Waals surface area (Å²) in [6.45, 7) is 0.986. The SMILES string of the molecule is OC1CCCOC1COC(c1ccccc1)(c1ccccc1)c1ccccc1. The Kier molecular flexibility index (Phi) is 5.87. The summed E-state index contributed by atoms with van der Waals surface area (Å²) in [6, 6.07) is 30.8. The summed E-state index contributed by atoms with van der Waals surface area (Å²) in [5.41, 5.74) is 2.39. The fourth-order valence-electron chi connectivity index (χ4n) is 3.96. The predicted molar refractivity (Wildman–Crippen MR) is 110 cm³/mol. The van der Waals surface area contributed by atoms with Crippen molar-refractivity contribution >= 4 is 0 Å². The third-order valence-electron chi connectivity index (χ3n) is 5.41. The molecule has 0 amide bonds. The lowest BCUT2D eigenvalue weighted by Crippen LogP contribution is -2.42. The molecule has 3 heteroatoms. The van der Waals surface area contributed by atoms with E-state index in [1.165, 1.54) is 0 Å². The van der Waals surface area contributed by atoms with Crippen molar-refractivity contribution in [1.82, 2.24) is 0 Å². The third kappa shape index (κ3) is 3.74. The molecule has 1 fully saturated rings. The first-order valence-corrected chi connectivity index (χ1v) is 9.91. The van der Waals surface area contributed by atoms with E-state index in [1.54, 1.807) is 0 Å². The zero-order valence-electron chi connectivity index (χ0n) is 15.9. The summed E-state index contributed by atoms with van der Waals surface area (Å²) < 4.78 is 12.5. The molecule has 4 rings (SSSR count). The van der Waals surface area contributed by atoms with Gasteiger partial charge in [0, 0.05) is 6.61 Å². The van der Waals surface area contributed by atoms with E-state index in [9.17, 15) is 5.11 Å². The molecule has 1 aliphatic heterocycles. The molecule has 0 bridgehead atoms. The highest BCUT2D eigenvalue weighted by Crippen LogP contribution is 2.40. The van der Waals surface area contributed by atoms with Gasteiger partial charge in [-0.15, -0.1) is 0 Å². The fourth-order valence-corrected chi connectivity index (χ4v) is 3.96. The molecule has 0 aliphatic carbocycles. The second kappa shape index (κ2) is 8.70. The minimum atomic E-state index is -0.774. The Labute approximate surface area is 166 Å². The van der Waals surface area contributed by atoms with Gasteiger partial charge in [0.1, 0.15) is 11.7 Å². The predicted octanol–water partition coefficient (Wildman–Crippen LogP) is 4.54. The maximum atomic E-state index is 10.4. The van der Waals surface area contributed by atoms with Crippen molar-refractivity contribution in [1.29, 1.82) is 0 Å². The molecule has 2 atom stereocenters. The summed E-state index contributed by atoms with van der Waals surface area (Å²) >= 11 is 0. The van der Waals surface area contributed by atoms with Gasteiger partial charge in [-0.1, -0.05) is 91.0 Å². The zero-order chi connectivity index (χ0) is 19.2. The molecular weight excluding hydrogens is 348 g/mol. The van der Waals surface area contributed by atoms with Crippen LogP contribution in [-0.2, 0) is 15.1 Å². The maximum absolute atomic E-state index is 10.4. The molecule has 2 unspecified atom stereocenters. The average Bonchev–Trinajstić information content (AvgIpc) is 2.78. The Morgan fingerprint density at radius 2 is 1.25 bits per heavy atom. The molecule has 1 aliphatic rings. The number of ether oxygens (including phenoxy) is 2. The molecule has 1 heterocycles. The van der Waals surface area contributed by atoms with Crippen molar-refractivity contribution in [3.63, 3.8) is 0 Å². The van der Waals surface area contributed by atoms with Crippen molar-refractivity contribution in [2.24, 2.45) is 0 Å². The number of hydrogen-bond acceptors (Lipinski definition) is 3. The molecule has 0 spiro atoms. The van der Waals surface area contributed by atoms with Crippen molar-refractivity contribution in [2.75, 3.05) is 13.2 Å². The Hall–Kier alpha value is -2.46. The lowest BCUT2D eigenvalue weighted by molar-refractivity contribution is -0.128. The minimum absolute atomic E-state index is 0.315. The lowest BCUT2D eigenvalue weighted by Gasteiger charge is -2.38. The normalized spacial score (nSPS) is 20.0. The van der Waals surface area contributed by atoms with Crippen LogP contribution in [0.2, 0.25) is 0 Å². The van der Waals surface area contributed by atoms with E-state index in [-0.39, 0.29) is 6.10 Å². The van der Waals surface area contributed by atoms with E-state index in [2.05, 4.69) is 36.4 Å². The molecule has 3 aromatic carbocycles. The van der Waals surface area contributed by atoms with Crippen LogP contribution in [0.4, 0.5) is 0 Å². The van der Waals surface area contributed by atoms with Gasteiger partial charge in [-0.05, 0) is 29.5 Å².